The average molecular weight is 457 g/mol. The lowest BCUT2D eigenvalue weighted by atomic mass is 10.2. The van der Waals surface area contributed by atoms with Crippen LogP contribution in [0.5, 0.6) is 0 Å². The van der Waals surface area contributed by atoms with Crippen molar-refractivity contribution in [2.24, 2.45) is 0 Å². The van der Waals surface area contributed by atoms with Crippen LogP contribution in [0.4, 0.5) is 0 Å². The summed E-state index contributed by atoms with van der Waals surface area (Å²) in [6.07, 6.45) is 1.91. The molecule has 4 atom stereocenters. The largest absolute Gasteiger partial charge is 0.465 e. The molecule has 32 heavy (non-hydrogen) atoms. The van der Waals surface area contributed by atoms with E-state index in [0.717, 1.165) is 0 Å². The van der Waals surface area contributed by atoms with Crippen molar-refractivity contribution in [2.45, 2.75) is 77.5 Å². The first-order valence-corrected chi connectivity index (χ1v) is 11.6. The number of likely N-dealkylation sites (tertiary alicyclic amines) is 2. The Bertz CT molecular complexity index is 562. The first-order chi connectivity index (χ1) is 15.4. The molecule has 10 nitrogen and oxygen atoms in total. The van der Waals surface area contributed by atoms with Crippen molar-refractivity contribution >= 4 is 23.9 Å². The standard InChI is InChI=1S/C22H36N2O8/c1-5-29-19(25)15-9-10-16(20(26)30-6-2)23(15)13-14-24-17(21(27)31-7-3)11-12-18(24)22(28)32-8-4/h15-18H,5-14H2,1-4H3/t15-,16+,17-,18+. The molecular formula is C22H36N2O8. The molecule has 0 spiro atoms. The maximum atomic E-state index is 12.5. The van der Waals surface area contributed by atoms with Crippen LogP contribution in [0.2, 0.25) is 0 Å². The highest BCUT2D eigenvalue weighted by Gasteiger charge is 2.46. The van der Waals surface area contributed by atoms with Crippen LogP contribution in [0.15, 0.2) is 0 Å². The normalized spacial score (nSPS) is 26.0. The minimum Gasteiger partial charge on any atom is -0.465 e. The van der Waals surface area contributed by atoms with Crippen LogP contribution < -0.4 is 0 Å². The third kappa shape index (κ3) is 6.19. The monoisotopic (exact) mass is 456 g/mol. The molecule has 0 aliphatic carbocycles. The molecule has 0 radical (unpaired) electrons. The Morgan fingerprint density at radius 1 is 0.531 bits per heavy atom. The van der Waals surface area contributed by atoms with E-state index in [1.807, 2.05) is 0 Å². The van der Waals surface area contributed by atoms with Crippen molar-refractivity contribution in [3.8, 4) is 0 Å². The Labute approximate surface area is 189 Å². The highest BCUT2D eigenvalue weighted by molar-refractivity contribution is 5.82. The third-order valence-electron chi connectivity index (χ3n) is 5.88. The molecule has 0 bridgehead atoms. The summed E-state index contributed by atoms with van der Waals surface area (Å²) in [4.78, 5) is 53.6. The molecule has 0 aromatic rings. The van der Waals surface area contributed by atoms with Gasteiger partial charge in [-0.25, -0.2) is 0 Å². The first-order valence-electron chi connectivity index (χ1n) is 11.6. The number of carbonyl (C=O) groups excluding carboxylic acids is 4. The molecule has 10 heteroatoms. The fourth-order valence-corrected chi connectivity index (χ4v) is 4.55. The zero-order chi connectivity index (χ0) is 23.7. The molecule has 0 aromatic heterocycles. The highest BCUT2D eigenvalue weighted by Crippen LogP contribution is 2.29. The maximum Gasteiger partial charge on any atom is 0.323 e. The molecule has 2 aliphatic heterocycles. The number of rotatable bonds is 11. The highest BCUT2D eigenvalue weighted by atomic mass is 16.5. The van der Waals surface area contributed by atoms with Gasteiger partial charge < -0.3 is 18.9 Å². The minimum atomic E-state index is -0.575. The second-order valence-electron chi connectivity index (χ2n) is 7.70. The van der Waals surface area contributed by atoms with Crippen molar-refractivity contribution in [1.29, 1.82) is 0 Å². The van der Waals surface area contributed by atoms with Crippen LogP contribution in [-0.2, 0) is 38.1 Å². The summed E-state index contributed by atoms with van der Waals surface area (Å²) in [5.41, 5.74) is 0. The Morgan fingerprint density at radius 2 is 0.750 bits per heavy atom. The quantitative estimate of drug-likeness (QED) is 0.328. The summed E-state index contributed by atoms with van der Waals surface area (Å²) in [6, 6.07) is -2.30. The van der Waals surface area contributed by atoms with Gasteiger partial charge in [-0.15, -0.1) is 0 Å². The third-order valence-corrected chi connectivity index (χ3v) is 5.88. The van der Waals surface area contributed by atoms with Crippen LogP contribution in [-0.4, -0.2) is 97.4 Å². The van der Waals surface area contributed by atoms with E-state index < -0.39 is 24.2 Å². The fraction of sp³-hybridized carbons (Fsp3) is 0.818. The Morgan fingerprint density at radius 3 is 0.938 bits per heavy atom. The Hall–Kier alpha value is -2.20. The van der Waals surface area contributed by atoms with Crippen molar-refractivity contribution in [3.63, 3.8) is 0 Å². The Balaban J connectivity index is 2.21. The minimum absolute atomic E-state index is 0.245. The number of nitrogens with zero attached hydrogens (tertiary/aromatic N) is 2. The van der Waals surface area contributed by atoms with Gasteiger partial charge in [0.1, 0.15) is 24.2 Å². The van der Waals surface area contributed by atoms with Gasteiger partial charge in [-0.1, -0.05) is 0 Å². The van der Waals surface area contributed by atoms with Gasteiger partial charge in [0.05, 0.1) is 26.4 Å². The molecule has 2 fully saturated rings. The lowest BCUT2D eigenvalue weighted by Gasteiger charge is -2.33. The second kappa shape index (κ2) is 12.7. The molecule has 0 aromatic carbocycles. The van der Waals surface area contributed by atoms with Gasteiger partial charge in [0.2, 0.25) is 0 Å². The molecule has 182 valence electrons. The number of hydrogen-bond acceptors (Lipinski definition) is 10. The summed E-state index contributed by atoms with van der Waals surface area (Å²) < 4.78 is 20.8. The van der Waals surface area contributed by atoms with Gasteiger partial charge in [0.15, 0.2) is 0 Å². The van der Waals surface area contributed by atoms with Crippen molar-refractivity contribution in [1.82, 2.24) is 9.80 Å². The van der Waals surface area contributed by atoms with E-state index in [2.05, 4.69) is 0 Å². The zero-order valence-corrected chi connectivity index (χ0v) is 19.5. The van der Waals surface area contributed by atoms with Crippen molar-refractivity contribution in [2.75, 3.05) is 39.5 Å². The predicted octanol–water partition coefficient (Wildman–Crippen LogP) is 0.905. The van der Waals surface area contributed by atoms with E-state index in [0.29, 0.717) is 38.8 Å². The van der Waals surface area contributed by atoms with Gasteiger partial charge in [0.25, 0.3) is 0 Å². The first kappa shape index (κ1) is 26.1. The maximum absolute atomic E-state index is 12.5. The van der Waals surface area contributed by atoms with E-state index in [9.17, 15) is 19.2 Å². The van der Waals surface area contributed by atoms with E-state index in [-0.39, 0.29) is 50.3 Å². The second-order valence-corrected chi connectivity index (χ2v) is 7.70. The predicted molar refractivity (Wildman–Crippen MR) is 114 cm³/mol. The molecule has 2 saturated heterocycles. The fourth-order valence-electron chi connectivity index (χ4n) is 4.55. The van der Waals surface area contributed by atoms with Crippen LogP contribution in [0, 0.1) is 0 Å². The van der Waals surface area contributed by atoms with Gasteiger partial charge >= 0.3 is 23.9 Å². The van der Waals surface area contributed by atoms with Crippen LogP contribution in [0.1, 0.15) is 53.4 Å². The van der Waals surface area contributed by atoms with Crippen LogP contribution >= 0.6 is 0 Å². The molecule has 2 heterocycles. The number of carbonyl (C=O) groups is 4. The molecule has 0 N–H and O–H groups in total. The van der Waals surface area contributed by atoms with E-state index in [1.165, 1.54) is 0 Å². The molecular weight excluding hydrogens is 420 g/mol. The average Bonchev–Trinajstić information content (AvgIpc) is 3.37. The van der Waals surface area contributed by atoms with E-state index in [4.69, 9.17) is 18.9 Å². The molecule has 0 amide bonds. The topological polar surface area (TPSA) is 112 Å². The van der Waals surface area contributed by atoms with Crippen LogP contribution in [0.25, 0.3) is 0 Å². The molecule has 2 rings (SSSR count). The van der Waals surface area contributed by atoms with Crippen molar-refractivity contribution in [3.05, 3.63) is 0 Å². The molecule has 0 unspecified atom stereocenters. The zero-order valence-electron chi connectivity index (χ0n) is 19.5. The summed E-state index contributed by atoms with van der Waals surface area (Å²) in [5.74, 6) is -1.54. The van der Waals surface area contributed by atoms with E-state index in [1.54, 1.807) is 37.5 Å². The van der Waals surface area contributed by atoms with Crippen molar-refractivity contribution < 1.29 is 38.1 Å². The van der Waals surface area contributed by atoms with E-state index >= 15 is 0 Å². The molecule has 0 saturated carbocycles. The summed E-state index contributed by atoms with van der Waals surface area (Å²) in [6.45, 7) is 8.50. The van der Waals surface area contributed by atoms with Gasteiger partial charge in [-0.3, -0.25) is 29.0 Å². The summed E-state index contributed by atoms with van der Waals surface area (Å²) >= 11 is 0. The molecule has 2 aliphatic rings. The SMILES string of the molecule is CCOC(=O)[C@H]1CC[C@@H](C(=O)OCC)N1CCN1[C@@H](C(=O)OCC)CC[C@H]1C(=O)OCC. The lowest BCUT2D eigenvalue weighted by molar-refractivity contribution is -0.157. The number of hydrogen-bond donors (Lipinski definition) is 0. The number of ether oxygens (including phenoxy) is 4. The van der Waals surface area contributed by atoms with Gasteiger partial charge in [-0.05, 0) is 53.4 Å². The summed E-state index contributed by atoms with van der Waals surface area (Å²) in [7, 11) is 0. The Kier molecular flexibility index (Phi) is 10.4. The number of esters is 4. The smallest absolute Gasteiger partial charge is 0.323 e. The van der Waals surface area contributed by atoms with Gasteiger partial charge in [0, 0.05) is 13.1 Å². The van der Waals surface area contributed by atoms with Crippen LogP contribution in [0.3, 0.4) is 0 Å². The lowest BCUT2D eigenvalue weighted by Crippen LogP contribution is -2.52. The van der Waals surface area contributed by atoms with Gasteiger partial charge in [-0.2, -0.15) is 0 Å². The summed E-state index contributed by atoms with van der Waals surface area (Å²) in [5, 5.41) is 0.